The summed E-state index contributed by atoms with van der Waals surface area (Å²) in [5, 5.41) is 9.00. The van der Waals surface area contributed by atoms with Crippen molar-refractivity contribution >= 4 is 23.9 Å². The summed E-state index contributed by atoms with van der Waals surface area (Å²) in [7, 11) is 5.38. The lowest BCUT2D eigenvalue weighted by molar-refractivity contribution is -0.157. The van der Waals surface area contributed by atoms with Crippen molar-refractivity contribution in [2.45, 2.75) is 70.0 Å². The third-order valence-corrected chi connectivity index (χ3v) is 10.3. The molecule has 14 heteroatoms. The van der Waals surface area contributed by atoms with Crippen LogP contribution in [0.5, 0.6) is 23.0 Å². The van der Waals surface area contributed by atoms with E-state index in [0.717, 1.165) is 53.9 Å². The minimum absolute atomic E-state index is 0.119. The van der Waals surface area contributed by atoms with Gasteiger partial charge in [-0.2, -0.15) is 0 Å². The lowest BCUT2D eigenvalue weighted by atomic mass is 10.0. The van der Waals surface area contributed by atoms with E-state index in [1.165, 1.54) is 6.42 Å². The maximum absolute atomic E-state index is 12.8. The summed E-state index contributed by atoms with van der Waals surface area (Å²) in [6.07, 6.45) is 2.72. The number of carboxylic acid groups (broad SMARTS) is 1. The molecule has 0 aromatic heterocycles. The summed E-state index contributed by atoms with van der Waals surface area (Å²) >= 11 is 0. The fraction of sp³-hybridized carbons (Fsp3) is 0.429. The number of methoxy groups -OCH3 is 1. The van der Waals surface area contributed by atoms with Crippen molar-refractivity contribution < 1.29 is 57.4 Å². The van der Waals surface area contributed by atoms with Gasteiger partial charge < -0.3 is 43.2 Å². The first-order valence-electron chi connectivity index (χ1n) is 21.5. The second-order valence-corrected chi connectivity index (χ2v) is 15.6. The number of carbonyl (C=O) groups excluding carboxylic acids is 3. The average molecular weight is 869 g/mol. The number of aryl methyl sites for hydroxylation is 2. The molecule has 4 aromatic carbocycles. The van der Waals surface area contributed by atoms with E-state index in [-0.39, 0.29) is 45.7 Å². The van der Waals surface area contributed by atoms with E-state index in [1.54, 1.807) is 13.2 Å². The number of nitrogens with zero attached hydrogens (tertiary/aromatic N) is 2. The Kier molecular flexibility index (Phi) is 19.6. The molecule has 2 unspecified atom stereocenters. The molecular weight excluding hydrogens is 809 g/mol. The van der Waals surface area contributed by atoms with Crippen molar-refractivity contribution in [2.24, 2.45) is 0 Å². The van der Waals surface area contributed by atoms with E-state index in [9.17, 15) is 19.2 Å². The molecule has 0 bridgehead atoms. The second-order valence-electron chi connectivity index (χ2n) is 15.6. The molecule has 0 saturated carbocycles. The highest BCUT2D eigenvalue weighted by Crippen LogP contribution is 2.32. The van der Waals surface area contributed by atoms with Crippen LogP contribution in [0.25, 0.3) is 11.1 Å². The van der Waals surface area contributed by atoms with Crippen molar-refractivity contribution in [3.05, 3.63) is 108 Å². The Hall–Kier alpha value is -6.12. The molecule has 1 fully saturated rings. The summed E-state index contributed by atoms with van der Waals surface area (Å²) in [6.45, 7) is 2.72. The molecule has 1 aliphatic rings. The van der Waals surface area contributed by atoms with Crippen molar-refractivity contribution in [1.29, 1.82) is 0 Å². The van der Waals surface area contributed by atoms with Crippen LogP contribution in [0.3, 0.4) is 0 Å². The Labute approximate surface area is 369 Å². The number of esters is 3. The van der Waals surface area contributed by atoms with Crippen molar-refractivity contribution in [2.75, 3.05) is 67.4 Å². The van der Waals surface area contributed by atoms with Gasteiger partial charge in [0.25, 0.3) is 0 Å². The normalized spacial score (nSPS) is 13.7. The van der Waals surface area contributed by atoms with Gasteiger partial charge in [-0.05, 0) is 106 Å². The average Bonchev–Trinajstić information content (AvgIpc) is 3.28. The molecule has 63 heavy (non-hydrogen) atoms. The zero-order valence-corrected chi connectivity index (χ0v) is 36.5. The predicted molar refractivity (Wildman–Crippen MR) is 236 cm³/mol. The molecule has 1 aliphatic heterocycles. The van der Waals surface area contributed by atoms with Gasteiger partial charge in [0.05, 0.1) is 32.8 Å². The molecule has 0 amide bonds. The smallest absolute Gasteiger partial charge is 0.309 e. The van der Waals surface area contributed by atoms with Crippen LogP contribution < -0.4 is 18.9 Å². The van der Waals surface area contributed by atoms with Crippen LogP contribution in [0.4, 0.5) is 0 Å². The molecule has 1 saturated heterocycles. The van der Waals surface area contributed by atoms with Crippen molar-refractivity contribution in [1.82, 2.24) is 9.80 Å². The van der Waals surface area contributed by atoms with Crippen LogP contribution in [0, 0.1) is 0 Å². The zero-order chi connectivity index (χ0) is 44.8. The fourth-order valence-corrected chi connectivity index (χ4v) is 7.15. The Balaban J connectivity index is 1.04. The number of benzene rings is 4. The minimum atomic E-state index is -1.05. The number of carbonyl (C=O) groups is 4. The number of hydrogen-bond acceptors (Lipinski definition) is 13. The zero-order valence-electron chi connectivity index (χ0n) is 36.5. The summed E-state index contributed by atoms with van der Waals surface area (Å²) in [5.74, 6) is -0.170. The van der Waals surface area contributed by atoms with E-state index in [1.807, 2.05) is 110 Å². The molecular formula is C49H60N2O12. The van der Waals surface area contributed by atoms with Gasteiger partial charge in [0, 0.05) is 18.7 Å². The largest absolute Gasteiger partial charge is 0.496 e. The topological polar surface area (TPSA) is 160 Å². The van der Waals surface area contributed by atoms with E-state index in [0.29, 0.717) is 43.2 Å². The number of para-hydroxylation sites is 2. The highest BCUT2D eigenvalue weighted by atomic mass is 16.7. The van der Waals surface area contributed by atoms with Gasteiger partial charge in [-0.15, -0.1) is 0 Å². The first kappa shape index (κ1) is 47.9. The molecule has 0 spiro atoms. The highest BCUT2D eigenvalue weighted by molar-refractivity contribution is 5.78. The summed E-state index contributed by atoms with van der Waals surface area (Å²) in [5.41, 5.74) is 3.82. The second kappa shape index (κ2) is 25.7. The monoisotopic (exact) mass is 868 g/mol. The quantitative estimate of drug-likeness (QED) is 0.0391. The lowest BCUT2D eigenvalue weighted by Crippen LogP contribution is -2.41. The first-order chi connectivity index (χ1) is 30.5. The summed E-state index contributed by atoms with van der Waals surface area (Å²) in [4.78, 5) is 53.0. The molecule has 1 heterocycles. The minimum Gasteiger partial charge on any atom is -0.496 e. The van der Waals surface area contributed by atoms with Gasteiger partial charge in [-0.3, -0.25) is 24.1 Å². The molecule has 338 valence electrons. The number of likely N-dealkylation sites (N-methyl/N-ethyl adjacent to an activating group) is 1. The third kappa shape index (κ3) is 17.3. The number of aliphatic carboxylic acids is 1. The maximum atomic E-state index is 12.8. The summed E-state index contributed by atoms with van der Waals surface area (Å²) < 4.78 is 40.2. The standard InChI is InChI=1S/C49H60N2O12/c1-50(2)31-41(33-58-40-17-12-15-38(30-40)43-18-6-8-20-45(43)57-3)62-49(56)26-25-47(54)61-35-60-39-16-11-13-36(29-39)21-22-37-14-5-7-19-44(37)59-34-42(32-51-27-9-4-10-28-51)63-48(55)24-23-46(52)53/h5-8,11-20,29-30,41-42H,4,9-10,21-28,31-35H2,1-3H3,(H,52,53). The number of rotatable bonds is 26. The van der Waals surface area contributed by atoms with Crippen LogP contribution in [-0.2, 0) is 46.2 Å². The Morgan fingerprint density at radius 2 is 1.32 bits per heavy atom. The molecule has 5 rings (SSSR count). The lowest BCUT2D eigenvalue weighted by Gasteiger charge is -2.30. The molecule has 2 atom stereocenters. The van der Waals surface area contributed by atoms with Crippen LogP contribution in [0.15, 0.2) is 97.1 Å². The Morgan fingerprint density at radius 3 is 2.06 bits per heavy atom. The molecule has 0 radical (unpaired) electrons. The van der Waals surface area contributed by atoms with E-state index < -0.39 is 36.1 Å². The third-order valence-electron chi connectivity index (χ3n) is 10.3. The predicted octanol–water partition coefficient (Wildman–Crippen LogP) is 7.00. The van der Waals surface area contributed by atoms with Gasteiger partial charge in [-0.1, -0.05) is 67.1 Å². The number of piperidine rings is 1. The maximum Gasteiger partial charge on any atom is 0.309 e. The van der Waals surface area contributed by atoms with Crippen LogP contribution >= 0.6 is 0 Å². The van der Waals surface area contributed by atoms with Crippen molar-refractivity contribution in [3.8, 4) is 34.1 Å². The Morgan fingerprint density at radius 1 is 0.667 bits per heavy atom. The molecule has 4 aromatic rings. The molecule has 0 aliphatic carbocycles. The van der Waals surface area contributed by atoms with Gasteiger partial charge in [0.1, 0.15) is 48.4 Å². The fourth-order valence-electron chi connectivity index (χ4n) is 7.15. The van der Waals surface area contributed by atoms with Crippen LogP contribution in [0.1, 0.15) is 56.1 Å². The van der Waals surface area contributed by atoms with Gasteiger partial charge in [0.2, 0.25) is 6.79 Å². The number of carboxylic acids is 1. The number of ether oxygens (including phenoxy) is 7. The van der Waals surface area contributed by atoms with Gasteiger partial charge in [0.15, 0.2) is 0 Å². The SMILES string of the molecule is COc1ccccc1-c1cccc(OCC(CN(C)C)OC(=O)CCC(=O)OCOc2cccc(CCc3ccccc3OCC(CN3CCCCC3)OC(=O)CCC(=O)O)c2)c1. The van der Waals surface area contributed by atoms with Crippen LogP contribution in [0.2, 0.25) is 0 Å². The van der Waals surface area contributed by atoms with Gasteiger partial charge >= 0.3 is 23.9 Å². The highest BCUT2D eigenvalue weighted by Gasteiger charge is 2.23. The number of hydrogen-bond donors (Lipinski definition) is 1. The van der Waals surface area contributed by atoms with Gasteiger partial charge in [-0.25, -0.2) is 0 Å². The van der Waals surface area contributed by atoms with E-state index >= 15 is 0 Å². The number of likely N-dealkylation sites (tertiary alicyclic amines) is 1. The Bertz CT molecular complexity index is 2070. The summed E-state index contributed by atoms with van der Waals surface area (Å²) in [6, 6.07) is 30.5. The molecule has 14 nitrogen and oxygen atoms in total. The first-order valence-corrected chi connectivity index (χ1v) is 21.5. The van der Waals surface area contributed by atoms with E-state index in [2.05, 4.69) is 4.90 Å². The van der Waals surface area contributed by atoms with Crippen LogP contribution in [-0.4, -0.2) is 118 Å². The molecule has 1 N–H and O–H groups in total. The van der Waals surface area contributed by atoms with Crippen molar-refractivity contribution in [3.63, 3.8) is 0 Å². The van der Waals surface area contributed by atoms with E-state index in [4.69, 9.17) is 38.3 Å².